The molecule has 1 atom stereocenters. The van der Waals surface area contributed by atoms with E-state index in [1.54, 1.807) is 0 Å². The van der Waals surface area contributed by atoms with Gasteiger partial charge < -0.3 is 4.90 Å². The fourth-order valence-corrected chi connectivity index (χ4v) is 2.27. The summed E-state index contributed by atoms with van der Waals surface area (Å²) < 4.78 is 0. The molecule has 1 aliphatic heterocycles. The van der Waals surface area contributed by atoms with Crippen LogP contribution >= 0.6 is 0 Å². The molecule has 0 saturated carbocycles. The van der Waals surface area contributed by atoms with Gasteiger partial charge in [0.25, 0.3) is 0 Å². The molecule has 0 amide bonds. The molecule has 1 radical (unpaired) electrons. The maximum absolute atomic E-state index is 4.26. The maximum atomic E-state index is 4.26. The summed E-state index contributed by atoms with van der Waals surface area (Å²) in [6.07, 6.45) is 11.1. The van der Waals surface area contributed by atoms with Crippen LogP contribution < -0.4 is 0 Å². The molecule has 0 N–H and O–H groups in total. The first-order chi connectivity index (χ1) is 6.84. The molecule has 83 valence electrons. The topological polar surface area (TPSA) is 3.24 Å². The van der Waals surface area contributed by atoms with Crippen molar-refractivity contribution in [3.05, 3.63) is 6.92 Å². The van der Waals surface area contributed by atoms with Gasteiger partial charge in [-0.15, -0.1) is 0 Å². The van der Waals surface area contributed by atoms with Gasteiger partial charge in [0, 0.05) is 6.04 Å². The van der Waals surface area contributed by atoms with E-state index in [0.717, 1.165) is 0 Å². The van der Waals surface area contributed by atoms with Crippen LogP contribution in [0.1, 0.15) is 58.3 Å². The third-order valence-corrected chi connectivity index (χ3v) is 3.30. The van der Waals surface area contributed by atoms with Crippen LogP contribution in [-0.2, 0) is 0 Å². The zero-order chi connectivity index (χ0) is 10.2. The molecule has 0 aromatic carbocycles. The summed E-state index contributed by atoms with van der Waals surface area (Å²) in [4.78, 5) is 2.56. The molecule has 1 fully saturated rings. The highest BCUT2D eigenvalue weighted by Gasteiger charge is 2.16. The van der Waals surface area contributed by atoms with Gasteiger partial charge >= 0.3 is 0 Å². The zero-order valence-electron chi connectivity index (χ0n) is 9.80. The van der Waals surface area contributed by atoms with Crippen molar-refractivity contribution in [3.63, 3.8) is 0 Å². The number of nitrogens with zero attached hydrogens (tertiary/aromatic N) is 1. The van der Waals surface area contributed by atoms with Crippen LogP contribution in [0.5, 0.6) is 0 Å². The molecular weight excluding hydrogens is 170 g/mol. The van der Waals surface area contributed by atoms with E-state index in [0.29, 0.717) is 6.04 Å². The second kappa shape index (κ2) is 7.28. The van der Waals surface area contributed by atoms with Crippen LogP contribution in [0.2, 0.25) is 0 Å². The third kappa shape index (κ3) is 4.45. The third-order valence-electron chi connectivity index (χ3n) is 3.30. The minimum Gasteiger partial charge on any atom is -0.300 e. The first-order valence-electron chi connectivity index (χ1n) is 6.41. The molecule has 14 heavy (non-hydrogen) atoms. The average molecular weight is 196 g/mol. The first-order valence-corrected chi connectivity index (χ1v) is 6.41. The van der Waals surface area contributed by atoms with Crippen LogP contribution in [-0.4, -0.2) is 24.0 Å². The first kappa shape index (κ1) is 12.0. The smallest absolute Gasteiger partial charge is 0.00958 e. The normalized spacial score (nSPS) is 20.1. The molecule has 0 aromatic heterocycles. The Bertz CT molecular complexity index is 127. The predicted octanol–water partition coefficient (Wildman–Crippen LogP) is 3.65. The maximum Gasteiger partial charge on any atom is 0.00958 e. The van der Waals surface area contributed by atoms with E-state index >= 15 is 0 Å². The Balaban J connectivity index is 1.94. The van der Waals surface area contributed by atoms with Crippen molar-refractivity contribution in [1.82, 2.24) is 4.90 Å². The van der Waals surface area contributed by atoms with E-state index < -0.39 is 0 Å². The van der Waals surface area contributed by atoms with Crippen molar-refractivity contribution in [2.75, 3.05) is 13.1 Å². The van der Waals surface area contributed by atoms with E-state index in [-0.39, 0.29) is 0 Å². The highest BCUT2D eigenvalue weighted by atomic mass is 15.2. The second-order valence-electron chi connectivity index (χ2n) is 4.60. The lowest BCUT2D eigenvalue weighted by molar-refractivity contribution is 0.264. The molecule has 1 saturated heterocycles. The van der Waals surface area contributed by atoms with E-state index in [4.69, 9.17) is 0 Å². The van der Waals surface area contributed by atoms with Crippen LogP contribution in [0, 0.1) is 6.92 Å². The van der Waals surface area contributed by atoms with Crippen LogP contribution in [0.25, 0.3) is 0 Å². The molecule has 0 aliphatic carbocycles. The van der Waals surface area contributed by atoms with E-state index in [9.17, 15) is 0 Å². The summed E-state index contributed by atoms with van der Waals surface area (Å²) in [6, 6.07) is 0.596. The predicted molar refractivity (Wildman–Crippen MR) is 63.3 cm³/mol. The van der Waals surface area contributed by atoms with Crippen molar-refractivity contribution in [2.24, 2.45) is 0 Å². The summed E-state index contributed by atoms with van der Waals surface area (Å²) in [6.45, 7) is 9.13. The standard InChI is InChI=1S/C13H26N/c1-3-4-5-6-7-10-13(2)14-11-8-9-12-14/h13H,2-12H2,1H3. The quantitative estimate of drug-likeness (QED) is 0.562. The molecule has 1 heteroatoms. The largest absolute Gasteiger partial charge is 0.300 e. The Morgan fingerprint density at radius 2 is 1.71 bits per heavy atom. The molecular formula is C13H26N. The van der Waals surface area contributed by atoms with Gasteiger partial charge in [-0.2, -0.15) is 0 Å². The summed E-state index contributed by atoms with van der Waals surface area (Å²) >= 11 is 0. The number of rotatable bonds is 7. The molecule has 1 unspecified atom stereocenters. The Hall–Kier alpha value is -0.0400. The molecule has 0 spiro atoms. The summed E-state index contributed by atoms with van der Waals surface area (Å²) in [5.74, 6) is 0. The van der Waals surface area contributed by atoms with Crippen molar-refractivity contribution >= 4 is 0 Å². The van der Waals surface area contributed by atoms with Gasteiger partial charge in [0.05, 0.1) is 0 Å². The highest BCUT2D eigenvalue weighted by molar-refractivity contribution is 4.77. The van der Waals surface area contributed by atoms with Crippen molar-refractivity contribution < 1.29 is 0 Å². The van der Waals surface area contributed by atoms with Gasteiger partial charge in [-0.05, 0) is 39.3 Å². The molecule has 1 nitrogen and oxygen atoms in total. The molecule has 0 bridgehead atoms. The zero-order valence-corrected chi connectivity index (χ0v) is 9.80. The highest BCUT2D eigenvalue weighted by Crippen LogP contribution is 2.16. The minimum absolute atomic E-state index is 0.596. The van der Waals surface area contributed by atoms with Crippen LogP contribution in [0.4, 0.5) is 0 Å². The van der Waals surface area contributed by atoms with Gasteiger partial charge in [0.1, 0.15) is 0 Å². The number of unbranched alkanes of at least 4 members (excludes halogenated alkanes) is 4. The second-order valence-corrected chi connectivity index (χ2v) is 4.60. The number of hydrogen-bond donors (Lipinski definition) is 0. The number of hydrogen-bond acceptors (Lipinski definition) is 1. The minimum atomic E-state index is 0.596. The molecule has 1 aliphatic rings. The van der Waals surface area contributed by atoms with E-state index in [2.05, 4.69) is 18.7 Å². The van der Waals surface area contributed by atoms with E-state index in [1.807, 2.05) is 0 Å². The lowest BCUT2D eigenvalue weighted by atomic mass is 10.1. The summed E-state index contributed by atoms with van der Waals surface area (Å²) in [5, 5.41) is 0. The van der Waals surface area contributed by atoms with Gasteiger partial charge in [-0.3, -0.25) is 0 Å². The van der Waals surface area contributed by atoms with Gasteiger partial charge in [-0.25, -0.2) is 0 Å². The Morgan fingerprint density at radius 3 is 2.36 bits per heavy atom. The van der Waals surface area contributed by atoms with Crippen LogP contribution in [0.3, 0.4) is 0 Å². The van der Waals surface area contributed by atoms with Crippen molar-refractivity contribution in [1.29, 1.82) is 0 Å². The Labute approximate surface area is 89.9 Å². The summed E-state index contributed by atoms with van der Waals surface area (Å²) in [7, 11) is 0. The average Bonchev–Trinajstić information content (AvgIpc) is 2.70. The lowest BCUT2D eigenvalue weighted by Gasteiger charge is -2.23. The van der Waals surface area contributed by atoms with Gasteiger partial charge in [0.2, 0.25) is 0 Å². The fourth-order valence-electron chi connectivity index (χ4n) is 2.27. The van der Waals surface area contributed by atoms with Gasteiger partial charge in [-0.1, -0.05) is 39.0 Å². The molecule has 1 rings (SSSR count). The monoisotopic (exact) mass is 196 g/mol. The Kier molecular flexibility index (Phi) is 6.25. The van der Waals surface area contributed by atoms with Gasteiger partial charge in [0.15, 0.2) is 0 Å². The summed E-state index contributed by atoms with van der Waals surface area (Å²) in [5.41, 5.74) is 0. The van der Waals surface area contributed by atoms with Crippen LogP contribution in [0.15, 0.2) is 0 Å². The SMILES string of the molecule is [CH2]C(CCCCCCC)N1CCCC1. The van der Waals surface area contributed by atoms with Crippen molar-refractivity contribution in [3.8, 4) is 0 Å². The lowest BCUT2D eigenvalue weighted by Crippen LogP contribution is -2.30. The molecule has 1 heterocycles. The molecule has 0 aromatic rings. The van der Waals surface area contributed by atoms with E-state index in [1.165, 1.54) is 64.5 Å². The number of likely N-dealkylation sites (tertiary alicyclic amines) is 1. The Morgan fingerprint density at radius 1 is 1.07 bits per heavy atom. The fraction of sp³-hybridized carbons (Fsp3) is 0.923. The van der Waals surface area contributed by atoms with Crippen molar-refractivity contribution in [2.45, 2.75) is 64.3 Å².